The summed E-state index contributed by atoms with van der Waals surface area (Å²) < 4.78 is 13.4. The van der Waals surface area contributed by atoms with Crippen molar-refractivity contribution in [3.63, 3.8) is 0 Å². The van der Waals surface area contributed by atoms with Crippen molar-refractivity contribution in [2.24, 2.45) is 0 Å². The summed E-state index contributed by atoms with van der Waals surface area (Å²) in [6, 6.07) is 15.6. The van der Waals surface area contributed by atoms with Crippen LogP contribution in [-0.2, 0) is 6.42 Å². The molecule has 0 aliphatic rings. The minimum Gasteiger partial charge on any atom is -0.316 e. The Labute approximate surface area is 128 Å². The van der Waals surface area contributed by atoms with Crippen molar-refractivity contribution < 1.29 is 4.39 Å². The second-order valence-electron chi connectivity index (χ2n) is 4.56. The molecule has 4 heteroatoms. The molecule has 0 bridgehead atoms. The van der Waals surface area contributed by atoms with Gasteiger partial charge in [-0.2, -0.15) is 0 Å². The Morgan fingerprint density at radius 1 is 1.20 bits per heavy atom. The molecular weight excluding hydrogens is 293 g/mol. The van der Waals surface area contributed by atoms with E-state index in [1.165, 1.54) is 11.0 Å². The minimum absolute atomic E-state index is 0.174. The van der Waals surface area contributed by atoms with E-state index in [2.05, 4.69) is 17.4 Å². The maximum absolute atomic E-state index is 13.4. The van der Waals surface area contributed by atoms with E-state index in [1.807, 2.05) is 31.3 Å². The summed E-state index contributed by atoms with van der Waals surface area (Å²) in [6.07, 6.45) is 0.782. The van der Waals surface area contributed by atoms with Crippen LogP contribution in [0.4, 0.5) is 4.39 Å². The third-order valence-electron chi connectivity index (χ3n) is 3.07. The first-order valence-corrected chi connectivity index (χ1v) is 7.84. The highest BCUT2D eigenvalue weighted by Crippen LogP contribution is 2.20. The van der Waals surface area contributed by atoms with E-state index in [1.54, 1.807) is 17.8 Å². The molecule has 0 fully saturated rings. The maximum Gasteiger partial charge on any atom is 0.142 e. The van der Waals surface area contributed by atoms with Crippen molar-refractivity contribution in [2.45, 2.75) is 17.4 Å². The van der Waals surface area contributed by atoms with Crippen LogP contribution in [-0.4, -0.2) is 18.8 Å². The predicted molar refractivity (Wildman–Crippen MR) is 85.1 cm³/mol. The van der Waals surface area contributed by atoms with Crippen molar-refractivity contribution in [2.75, 3.05) is 12.8 Å². The molecule has 2 aromatic carbocycles. The molecule has 1 atom stereocenters. The van der Waals surface area contributed by atoms with Crippen LogP contribution in [0.25, 0.3) is 0 Å². The molecule has 0 spiro atoms. The van der Waals surface area contributed by atoms with Crippen molar-refractivity contribution in [3.8, 4) is 0 Å². The molecule has 1 N–H and O–H groups in total. The molecule has 0 aliphatic carbocycles. The summed E-state index contributed by atoms with van der Waals surface area (Å²) in [5, 5.41) is 3.45. The number of hydrogen-bond acceptors (Lipinski definition) is 2. The van der Waals surface area contributed by atoms with E-state index in [0.717, 1.165) is 17.7 Å². The summed E-state index contributed by atoms with van der Waals surface area (Å²) in [6.45, 7) is 0. The van der Waals surface area contributed by atoms with Gasteiger partial charge in [-0.25, -0.2) is 4.39 Å². The first kappa shape index (κ1) is 15.4. The van der Waals surface area contributed by atoms with Crippen LogP contribution < -0.4 is 5.32 Å². The first-order valence-electron chi connectivity index (χ1n) is 6.48. The van der Waals surface area contributed by atoms with Gasteiger partial charge in [-0.3, -0.25) is 0 Å². The van der Waals surface area contributed by atoms with Crippen molar-refractivity contribution in [3.05, 3.63) is 64.9 Å². The summed E-state index contributed by atoms with van der Waals surface area (Å²) in [4.78, 5) is 1.25. The van der Waals surface area contributed by atoms with Gasteiger partial charge in [0.05, 0.1) is 5.02 Å². The van der Waals surface area contributed by atoms with Crippen LogP contribution in [0.5, 0.6) is 0 Å². The lowest BCUT2D eigenvalue weighted by Crippen LogP contribution is -2.30. The van der Waals surface area contributed by atoms with Crippen LogP contribution in [0.15, 0.2) is 53.4 Å². The Balaban J connectivity index is 1.93. The normalized spacial score (nSPS) is 12.3. The number of halogens is 2. The highest BCUT2D eigenvalue weighted by molar-refractivity contribution is 7.99. The zero-order chi connectivity index (χ0) is 14.4. The fourth-order valence-corrected chi connectivity index (χ4v) is 3.05. The Morgan fingerprint density at radius 2 is 1.95 bits per heavy atom. The van der Waals surface area contributed by atoms with Gasteiger partial charge < -0.3 is 5.32 Å². The third-order valence-corrected chi connectivity index (χ3v) is 4.55. The molecule has 2 rings (SSSR count). The number of benzene rings is 2. The lowest BCUT2D eigenvalue weighted by atomic mass is 10.1. The molecule has 0 heterocycles. The molecule has 2 aromatic rings. The Kier molecular flexibility index (Phi) is 5.89. The van der Waals surface area contributed by atoms with Gasteiger partial charge in [0.2, 0.25) is 0 Å². The molecule has 1 unspecified atom stereocenters. The largest absolute Gasteiger partial charge is 0.316 e. The zero-order valence-corrected chi connectivity index (χ0v) is 12.8. The Morgan fingerprint density at radius 3 is 2.60 bits per heavy atom. The summed E-state index contributed by atoms with van der Waals surface area (Å²) in [5.41, 5.74) is 0.958. The quantitative estimate of drug-likeness (QED) is 0.794. The molecule has 106 valence electrons. The minimum atomic E-state index is -0.352. The Hall–Kier alpha value is -1.03. The van der Waals surface area contributed by atoms with E-state index >= 15 is 0 Å². The maximum atomic E-state index is 13.4. The smallest absolute Gasteiger partial charge is 0.142 e. The summed E-state index contributed by atoms with van der Waals surface area (Å²) in [5.74, 6) is 0.583. The van der Waals surface area contributed by atoms with Crippen molar-refractivity contribution in [1.29, 1.82) is 0 Å². The van der Waals surface area contributed by atoms with Gasteiger partial charge in [0.25, 0.3) is 0 Å². The van der Waals surface area contributed by atoms with Crippen LogP contribution in [0, 0.1) is 5.82 Å². The van der Waals surface area contributed by atoms with Gasteiger partial charge in [-0.15, -0.1) is 11.8 Å². The molecular formula is C16H17ClFNS. The van der Waals surface area contributed by atoms with E-state index in [9.17, 15) is 4.39 Å². The summed E-state index contributed by atoms with van der Waals surface area (Å²) in [7, 11) is 1.93. The molecule has 0 saturated heterocycles. The molecule has 0 saturated carbocycles. The second kappa shape index (κ2) is 7.67. The lowest BCUT2D eigenvalue weighted by Gasteiger charge is -2.16. The lowest BCUT2D eigenvalue weighted by molar-refractivity contribution is 0.603. The second-order valence-corrected chi connectivity index (χ2v) is 6.06. The molecule has 0 aromatic heterocycles. The average molecular weight is 310 g/mol. The Bertz CT molecular complexity index is 547. The van der Waals surface area contributed by atoms with Crippen LogP contribution in [0.2, 0.25) is 5.02 Å². The van der Waals surface area contributed by atoms with E-state index in [0.29, 0.717) is 6.04 Å². The van der Waals surface area contributed by atoms with Crippen molar-refractivity contribution >= 4 is 23.4 Å². The standard InChI is InChI=1S/C16H17ClFNS/c1-19-13(11-20-14-5-3-2-4-6-14)9-12-7-8-15(17)16(18)10-12/h2-8,10,13,19H,9,11H2,1H3. The molecule has 0 aliphatic heterocycles. The van der Waals surface area contributed by atoms with Crippen molar-refractivity contribution in [1.82, 2.24) is 5.32 Å². The molecule has 0 radical (unpaired) electrons. The topological polar surface area (TPSA) is 12.0 Å². The van der Waals surface area contributed by atoms with Crippen LogP contribution >= 0.6 is 23.4 Å². The zero-order valence-electron chi connectivity index (χ0n) is 11.3. The fourth-order valence-electron chi connectivity index (χ4n) is 1.91. The van der Waals surface area contributed by atoms with Gasteiger partial charge >= 0.3 is 0 Å². The van der Waals surface area contributed by atoms with Gasteiger partial charge in [-0.1, -0.05) is 35.9 Å². The third kappa shape index (κ3) is 4.51. The van der Waals surface area contributed by atoms with E-state index in [4.69, 9.17) is 11.6 Å². The van der Waals surface area contributed by atoms with Crippen LogP contribution in [0.1, 0.15) is 5.56 Å². The van der Waals surface area contributed by atoms with Gasteiger partial charge in [0.1, 0.15) is 5.82 Å². The number of hydrogen-bond donors (Lipinski definition) is 1. The van der Waals surface area contributed by atoms with Crippen LogP contribution in [0.3, 0.4) is 0 Å². The monoisotopic (exact) mass is 309 g/mol. The number of nitrogens with one attached hydrogen (secondary N) is 1. The number of thioether (sulfide) groups is 1. The summed E-state index contributed by atoms with van der Waals surface area (Å²) >= 11 is 7.49. The van der Waals surface area contributed by atoms with E-state index in [-0.39, 0.29) is 10.8 Å². The van der Waals surface area contributed by atoms with Gasteiger partial charge in [0.15, 0.2) is 0 Å². The number of rotatable bonds is 6. The molecule has 0 amide bonds. The highest BCUT2D eigenvalue weighted by Gasteiger charge is 2.09. The van der Waals surface area contributed by atoms with Gasteiger partial charge in [0, 0.05) is 16.7 Å². The predicted octanol–water partition coefficient (Wildman–Crippen LogP) is 4.40. The fraction of sp³-hybridized carbons (Fsp3) is 0.250. The SMILES string of the molecule is CNC(CSc1ccccc1)Cc1ccc(Cl)c(F)c1. The first-order chi connectivity index (χ1) is 9.69. The van der Waals surface area contributed by atoms with E-state index < -0.39 is 0 Å². The molecule has 1 nitrogen and oxygen atoms in total. The highest BCUT2D eigenvalue weighted by atomic mass is 35.5. The molecule has 20 heavy (non-hydrogen) atoms. The number of likely N-dealkylation sites (N-methyl/N-ethyl adjacent to an activating group) is 1. The van der Waals surface area contributed by atoms with Gasteiger partial charge in [-0.05, 0) is 43.3 Å². The average Bonchev–Trinajstić information content (AvgIpc) is 2.48.